The van der Waals surface area contributed by atoms with Crippen molar-refractivity contribution in [1.82, 2.24) is 5.32 Å². The predicted molar refractivity (Wildman–Crippen MR) is 111 cm³/mol. The van der Waals surface area contributed by atoms with E-state index in [0.717, 1.165) is 0 Å². The number of fused-ring (bicyclic) bond motifs is 6. The molecule has 8 heteroatoms. The third-order valence-electron chi connectivity index (χ3n) is 5.53. The number of rotatable bonds is 3. The molecule has 2 heterocycles. The van der Waals surface area contributed by atoms with Crippen molar-refractivity contribution in [3.63, 3.8) is 0 Å². The van der Waals surface area contributed by atoms with E-state index in [1.54, 1.807) is 24.3 Å². The van der Waals surface area contributed by atoms with E-state index in [4.69, 9.17) is 9.47 Å². The number of esters is 1. The number of hydrogen-bond acceptors (Lipinski definition) is 7. The number of carbonyl (C=O) groups excluding carboxylic acids is 3. The normalized spacial score (nSPS) is 14.6. The van der Waals surface area contributed by atoms with Crippen molar-refractivity contribution < 1.29 is 34.1 Å². The van der Waals surface area contributed by atoms with E-state index in [0.29, 0.717) is 16.7 Å². The molecule has 2 aliphatic heterocycles. The summed E-state index contributed by atoms with van der Waals surface area (Å²) in [6.45, 7) is 1.25. The van der Waals surface area contributed by atoms with Gasteiger partial charge in [-0.05, 0) is 43.3 Å². The van der Waals surface area contributed by atoms with Gasteiger partial charge in [-0.2, -0.15) is 0 Å². The maximum Gasteiger partial charge on any atom is 0.340 e. The Morgan fingerprint density at radius 2 is 1.50 bits per heavy atom. The maximum absolute atomic E-state index is 13.0. The summed E-state index contributed by atoms with van der Waals surface area (Å²) in [4.78, 5) is 36.6. The minimum absolute atomic E-state index is 0.0375. The van der Waals surface area contributed by atoms with Crippen molar-refractivity contribution in [2.45, 2.75) is 12.5 Å². The van der Waals surface area contributed by atoms with Gasteiger partial charge in [-0.15, -0.1) is 0 Å². The Balaban J connectivity index is 1.70. The summed E-state index contributed by atoms with van der Waals surface area (Å²) >= 11 is 0. The van der Waals surface area contributed by atoms with Crippen LogP contribution in [0, 0.1) is 0 Å². The molecule has 3 aromatic rings. The highest BCUT2D eigenvalue weighted by molar-refractivity contribution is 6.02. The van der Waals surface area contributed by atoms with Gasteiger partial charge in [-0.3, -0.25) is 9.59 Å². The van der Waals surface area contributed by atoms with E-state index < -0.39 is 17.5 Å². The number of phenols is 2. The molecule has 0 bridgehead atoms. The average Bonchev–Trinajstić information content (AvgIpc) is 3.04. The van der Waals surface area contributed by atoms with Crippen LogP contribution in [0.25, 0.3) is 0 Å². The van der Waals surface area contributed by atoms with E-state index >= 15 is 0 Å². The first-order chi connectivity index (χ1) is 15.3. The molecule has 0 saturated carbocycles. The Bertz CT molecular complexity index is 1280. The molecule has 0 aliphatic carbocycles. The molecule has 32 heavy (non-hydrogen) atoms. The molecule has 8 nitrogen and oxygen atoms in total. The third kappa shape index (κ3) is 2.80. The number of nitrogens with one attached hydrogen (secondary N) is 1. The molecule has 3 aromatic carbocycles. The van der Waals surface area contributed by atoms with Crippen molar-refractivity contribution >= 4 is 17.7 Å². The maximum atomic E-state index is 13.0. The zero-order chi connectivity index (χ0) is 22.6. The highest BCUT2D eigenvalue weighted by Gasteiger charge is 2.53. The summed E-state index contributed by atoms with van der Waals surface area (Å²) in [6.07, 6.45) is 0. The average molecular weight is 431 g/mol. The summed E-state index contributed by atoms with van der Waals surface area (Å²) in [7, 11) is 0. The van der Waals surface area contributed by atoms with Crippen LogP contribution in [0.15, 0.2) is 54.6 Å². The first-order valence-electron chi connectivity index (χ1n) is 9.80. The van der Waals surface area contributed by atoms with Gasteiger partial charge in [0.05, 0.1) is 12.1 Å². The molecule has 3 N–H and O–H groups in total. The number of ether oxygens (including phenoxy) is 2. The molecule has 0 unspecified atom stereocenters. The summed E-state index contributed by atoms with van der Waals surface area (Å²) in [5.41, 5.74) is 0.505. The first-order valence-corrected chi connectivity index (χ1v) is 9.80. The number of benzene rings is 3. The molecule has 0 radical (unpaired) electrons. The Morgan fingerprint density at radius 1 is 0.906 bits per heavy atom. The van der Waals surface area contributed by atoms with Crippen LogP contribution in [0.1, 0.15) is 44.3 Å². The van der Waals surface area contributed by atoms with Crippen LogP contribution < -0.4 is 10.1 Å². The fourth-order valence-electron chi connectivity index (χ4n) is 4.15. The second kappa shape index (κ2) is 6.84. The Morgan fingerprint density at radius 3 is 2.09 bits per heavy atom. The Hall–Kier alpha value is -4.33. The van der Waals surface area contributed by atoms with E-state index in [1.165, 1.54) is 37.3 Å². The molecule has 5 rings (SSSR count). The van der Waals surface area contributed by atoms with Crippen molar-refractivity contribution in [3.8, 4) is 23.0 Å². The van der Waals surface area contributed by atoms with Crippen LogP contribution in [0.3, 0.4) is 0 Å². The minimum atomic E-state index is -1.38. The minimum Gasteiger partial charge on any atom is -0.508 e. The van der Waals surface area contributed by atoms with Gasteiger partial charge in [0.25, 0.3) is 5.91 Å². The van der Waals surface area contributed by atoms with Crippen LogP contribution in [0.4, 0.5) is 0 Å². The zero-order valence-corrected chi connectivity index (χ0v) is 16.8. The van der Waals surface area contributed by atoms with Crippen LogP contribution in [0.2, 0.25) is 0 Å². The first kappa shape index (κ1) is 19.6. The molecule has 2 aliphatic rings. The lowest BCUT2D eigenvalue weighted by molar-refractivity contribution is -0.116. The Labute approximate surface area is 182 Å². The van der Waals surface area contributed by atoms with Crippen LogP contribution in [-0.2, 0) is 15.1 Å². The lowest BCUT2D eigenvalue weighted by Gasteiger charge is -2.36. The van der Waals surface area contributed by atoms with Gasteiger partial charge in [-0.25, -0.2) is 4.79 Å². The predicted octanol–water partition coefficient (Wildman–Crippen LogP) is 2.98. The molecule has 0 fully saturated rings. The van der Waals surface area contributed by atoms with E-state index in [2.05, 4.69) is 5.32 Å². The molecule has 0 aromatic heterocycles. The quantitative estimate of drug-likeness (QED) is 0.545. The molecule has 160 valence electrons. The second-order valence-corrected chi connectivity index (χ2v) is 7.68. The summed E-state index contributed by atoms with van der Waals surface area (Å²) in [6, 6.07) is 13.5. The van der Waals surface area contributed by atoms with Gasteiger partial charge >= 0.3 is 5.97 Å². The van der Waals surface area contributed by atoms with Gasteiger partial charge in [0, 0.05) is 34.4 Å². The van der Waals surface area contributed by atoms with Crippen molar-refractivity contribution in [3.05, 3.63) is 82.4 Å². The molecular formula is C24H17NO7. The van der Waals surface area contributed by atoms with E-state index in [-0.39, 0.29) is 46.5 Å². The van der Waals surface area contributed by atoms with Crippen molar-refractivity contribution in [1.29, 1.82) is 0 Å². The van der Waals surface area contributed by atoms with Crippen LogP contribution in [0.5, 0.6) is 23.0 Å². The van der Waals surface area contributed by atoms with Crippen LogP contribution >= 0.6 is 0 Å². The number of aromatic hydroxyl groups is 2. The summed E-state index contributed by atoms with van der Waals surface area (Å²) in [5, 5.41) is 22.4. The lowest BCUT2D eigenvalue weighted by Crippen LogP contribution is -2.33. The molecule has 0 saturated heterocycles. The number of hydrogen-bond donors (Lipinski definition) is 3. The largest absolute Gasteiger partial charge is 0.508 e. The van der Waals surface area contributed by atoms with Gasteiger partial charge in [0.15, 0.2) is 5.60 Å². The van der Waals surface area contributed by atoms with Gasteiger partial charge in [-0.1, -0.05) is 6.07 Å². The van der Waals surface area contributed by atoms with Crippen LogP contribution in [-0.4, -0.2) is 34.4 Å². The summed E-state index contributed by atoms with van der Waals surface area (Å²) in [5.74, 6) is -0.853. The smallest absolute Gasteiger partial charge is 0.340 e. The van der Waals surface area contributed by atoms with Gasteiger partial charge < -0.3 is 25.0 Å². The molecular weight excluding hydrogens is 414 g/mol. The standard InChI is InChI=1S/C24H17NO7/c1-12(26)11-25-22(29)13-2-5-17-16(8-13)23(30)32-24(17)18-6-3-14(27)9-20(18)31-21-10-15(28)4-7-19(21)24/h2-10,27-28H,11H2,1H3,(H,25,29). The molecule has 0 atom stereocenters. The zero-order valence-electron chi connectivity index (χ0n) is 16.8. The monoisotopic (exact) mass is 431 g/mol. The number of Topliss-reactive ketones (excluding diaryl/α,β-unsaturated/α-hetero) is 1. The van der Waals surface area contributed by atoms with Gasteiger partial charge in [0.2, 0.25) is 0 Å². The fourth-order valence-corrected chi connectivity index (χ4v) is 4.15. The second-order valence-electron chi connectivity index (χ2n) is 7.68. The van der Waals surface area contributed by atoms with Gasteiger partial charge in [0.1, 0.15) is 28.8 Å². The lowest BCUT2D eigenvalue weighted by atomic mass is 9.77. The number of amides is 1. The number of carbonyl (C=O) groups is 3. The van der Waals surface area contributed by atoms with E-state index in [1.807, 2.05) is 0 Å². The highest BCUT2D eigenvalue weighted by Crippen LogP contribution is 2.57. The van der Waals surface area contributed by atoms with Crippen molar-refractivity contribution in [2.75, 3.05) is 6.54 Å². The molecule has 1 amide bonds. The SMILES string of the molecule is CC(=O)CNC(=O)c1ccc2c(c1)C(=O)OC21c2ccc(O)cc2Oc2cc(O)ccc21. The molecule has 1 spiro atoms. The highest BCUT2D eigenvalue weighted by atomic mass is 16.6. The fraction of sp³-hybridized carbons (Fsp3) is 0.125. The van der Waals surface area contributed by atoms with Crippen molar-refractivity contribution in [2.24, 2.45) is 0 Å². The van der Waals surface area contributed by atoms with E-state index in [9.17, 15) is 24.6 Å². The third-order valence-corrected chi connectivity index (χ3v) is 5.53. The number of phenolic OH excluding ortho intramolecular Hbond substituents is 2. The Kier molecular flexibility index (Phi) is 4.20. The number of ketones is 1. The summed E-state index contributed by atoms with van der Waals surface area (Å²) < 4.78 is 11.8. The topological polar surface area (TPSA) is 122 Å².